The number of urea groups is 1. The van der Waals surface area contributed by atoms with Crippen molar-refractivity contribution in [2.75, 3.05) is 25.1 Å². The fraction of sp³-hybridized carbons (Fsp3) is 0.350. The minimum Gasteiger partial charge on any atom is -0.465 e. The van der Waals surface area contributed by atoms with E-state index in [9.17, 15) is 14.0 Å². The number of pyridine rings is 1. The molecule has 0 spiro atoms. The number of rotatable bonds is 4. The summed E-state index contributed by atoms with van der Waals surface area (Å²) in [6.07, 6.45) is -0.630. The van der Waals surface area contributed by atoms with Crippen LogP contribution >= 0.6 is 0 Å². The molecule has 6 nitrogen and oxygen atoms in total. The number of hydrogen-bond acceptors (Lipinski definition) is 4. The van der Waals surface area contributed by atoms with Crippen LogP contribution in [-0.2, 0) is 11.3 Å². The Bertz CT molecular complexity index is 825. The molecule has 0 N–H and O–H groups in total. The molecule has 0 saturated carbocycles. The molecule has 7 heteroatoms. The zero-order valence-electron chi connectivity index (χ0n) is 15.4. The minimum absolute atomic E-state index is 0.0996. The summed E-state index contributed by atoms with van der Waals surface area (Å²) in [5.41, 5.74) is 2.05. The van der Waals surface area contributed by atoms with Gasteiger partial charge in [0.25, 0.3) is 0 Å². The molecule has 142 valence electrons. The Morgan fingerprint density at radius 2 is 2.00 bits per heavy atom. The number of hydrogen-bond donors (Lipinski definition) is 0. The van der Waals surface area contributed by atoms with E-state index < -0.39 is 12.1 Å². The maximum Gasteiger partial charge on any atom is 0.337 e. The number of carbonyl (C=O) groups is 2. The molecule has 1 atom stereocenters. The fourth-order valence-electron chi connectivity index (χ4n) is 3.03. The molecule has 2 aromatic rings. The number of amides is 2. The average Bonchev–Trinajstić information content (AvgIpc) is 3.12. The van der Waals surface area contributed by atoms with Crippen LogP contribution in [0.4, 0.5) is 15.0 Å². The van der Waals surface area contributed by atoms with Crippen LogP contribution in [0.2, 0.25) is 0 Å². The largest absolute Gasteiger partial charge is 0.465 e. The number of benzene rings is 1. The van der Waals surface area contributed by atoms with Crippen molar-refractivity contribution in [3.8, 4) is 0 Å². The highest BCUT2D eigenvalue weighted by atomic mass is 19.1. The highest BCUT2D eigenvalue weighted by Crippen LogP contribution is 2.21. The number of alkyl halides is 1. The van der Waals surface area contributed by atoms with Gasteiger partial charge < -0.3 is 9.64 Å². The van der Waals surface area contributed by atoms with Crippen molar-refractivity contribution in [1.82, 2.24) is 9.88 Å². The van der Waals surface area contributed by atoms with Crippen LogP contribution in [-0.4, -0.2) is 48.3 Å². The van der Waals surface area contributed by atoms with Gasteiger partial charge >= 0.3 is 12.0 Å². The van der Waals surface area contributed by atoms with Crippen molar-refractivity contribution in [3.63, 3.8) is 0 Å². The van der Waals surface area contributed by atoms with Gasteiger partial charge in [-0.25, -0.2) is 19.0 Å². The Morgan fingerprint density at radius 3 is 2.59 bits per heavy atom. The Hall–Kier alpha value is -2.96. The maximum atomic E-state index is 13.6. The van der Waals surface area contributed by atoms with Crippen LogP contribution in [0.3, 0.4) is 0 Å². The van der Waals surface area contributed by atoms with E-state index in [2.05, 4.69) is 4.98 Å². The summed E-state index contributed by atoms with van der Waals surface area (Å²) >= 11 is 0. The summed E-state index contributed by atoms with van der Waals surface area (Å²) in [4.78, 5) is 32.1. The molecular weight excluding hydrogens is 349 g/mol. The molecule has 0 aliphatic carbocycles. The molecule has 0 unspecified atom stereocenters. The Labute approximate surface area is 157 Å². The van der Waals surface area contributed by atoms with Crippen molar-refractivity contribution in [1.29, 1.82) is 0 Å². The molecule has 1 saturated heterocycles. The summed E-state index contributed by atoms with van der Waals surface area (Å²) in [5, 5.41) is 0. The SMILES string of the molecule is COC(=O)c1ccc(CN(C(=O)N2CC[C@H](F)C2)c2cccc(C)n2)cc1. The fourth-order valence-corrected chi connectivity index (χ4v) is 3.03. The number of anilines is 1. The molecule has 1 aliphatic rings. The number of esters is 1. The third-order valence-corrected chi connectivity index (χ3v) is 4.50. The highest BCUT2D eigenvalue weighted by Gasteiger charge is 2.30. The van der Waals surface area contributed by atoms with Crippen molar-refractivity contribution < 1.29 is 18.7 Å². The minimum atomic E-state index is -0.986. The standard InChI is InChI=1S/C20H22FN3O3/c1-14-4-3-5-18(22-14)24(20(26)23-11-10-17(21)13-23)12-15-6-8-16(9-7-15)19(25)27-2/h3-9,17H,10-13H2,1-2H3/t17-/m0/s1. The predicted octanol–water partition coefficient (Wildman–Crippen LogP) is 3.35. The number of carbonyl (C=O) groups excluding carboxylic acids is 2. The van der Waals surface area contributed by atoms with Gasteiger partial charge in [-0.15, -0.1) is 0 Å². The van der Waals surface area contributed by atoms with Crippen LogP contribution < -0.4 is 4.90 Å². The lowest BCUT2D eigenvalue weighted by Gasteiger charge is -2.27. The first-order chi connectivity index (χ1) is 13.0. The molecule has 0 radical (unpaired) electrons. The van der Waals surface area contributed by atoms with Crippen LogP contribution in [0, 0.1) is 6.92 Å². The van der Waals surface area contributed by atoms with Crippen molar-refractivity contribution >= 4 is 17.8 Å². The van der Waals surface area contributed by atoms with Crippen LogP contribution in [0.1, 0.15) is 28.0 Å². The van der Waals surface area contributed by atoms with E-state index >= 15 is 0 Å². The van der Waals surface area contributed by atoms with Crippen molar-refractivity contribution in [2.24, 2.45) is 0 Å². The molecule has 1 fully saturated rings. The third kappa shape index (κ3) is 4.42. The molecule has 1 aromatic carbocycles. The second-order valence-electron chi connectivity index (χ2n) is 6.53. The van der Waals surface area contributed by atoms with Gasteiger partial charge in [-0.05, 0) is 43.2 Å². The molecule has 2 heterocycles. The van der Waals surface area contributed by atoms with Gasteiger partial charge in [-0.1, -0.05) is 18.2 Å². The van der Waals surface area contributed by atoms with Crippen LogP contribution in [0.5, 0.6) is 0 Å². The molecule has 1 aromatic heterocycles. The van der Waals surface area contributed by atoms with Gasteiger partial charge in [0.05, 0.1) is 25.8 Å². The molecule has 3 rings (SSSR count). The number of aromatic nitrogens is 1. The first-order valence-corrected chi connectivity index (χ1v) is 8.79. The Kier molecular flexibility index (Phi) is 5.69. The summed E-state index contributed by atoms with van der Waals surface area (Å²) in [6, 6.07) is 12.0. The number of aryl methyl sites for hydroxylation is 1. The molecule has 2 amide bonds. The van der Waals surface area contributed by atoms with Gasteiger partial charge in [0.1, 0.15) is 12.0 Å². The van der Waals surface area contributed by atoms with Crippen molar-refractivity contribution in [2.45, 2.75) is 26.1 Å². The molecule has 27 heavy (non-hydrogen) atoms. The van der Waals surface area contributed by atoms with E-state index in [0.717, 1.165) is 11.3 Å². The summed E-state index contributed by atoms with van der Waals surface area (Å²) in [5.74, 6) is 0.0974. The first-order valence-electron chi connectivity index (χ1n) is 8.79. The number of ether oxygens (including phenoxy) is 1. The second kappa shape index (κ2) is 8.16. The maximum absolute atomic E-state index is 13.6. The van der Waals surface area contributed by atoms with Crippen LogP contribution in [0.25, 0.3) is 0 Å². The van der Waals surface area contributed by atoms with E-state index in [1.165, 1.54) is 16.9 Å². The number of methoxy groups -OCH3 is 1. The zero-order valence-corrected chi connectivity index (χ0v) is 15.4. The highest BCUT2D eigenvalue weighted by molar-refractivity contribution is 5.91. The zero-order chi connectivity index (χ0) is 19.4. The van der Waals surface area contributed by atoms with E-state index in [1.807, 2.05) is 19.1 Å². The van der Waals surface area contributed by atoms with Gasteiger partial charge in [0.2, 0.25) is 0 Å². The van der Waals surface area contributed by atoms with Gasteiger partial charge in [-0.2, -0.15) is 0 Å². The predicted molar refractivity (Wildman–Crippen MR) is 99.4 cm³/mol. The van der Waals surface area contributed by atoms with Gasteiger partial charge in [0, 0.05) is 12.2 Å². The molecular formula is C20H22FN3O3. The Balaban J connectivity index is 1.85. The summed E-state index contributed by atoms with van der Waals surface area (Å²) in [6.45, 7) is 2.61. The van der Waals surface area contributed by atoms with E-state index in [4.69, 9.17) is 4.74 Å². The van der Waals surface area contributed by atoms with Gasteiger partial charge in [-0.3, -0.25) is 4.90 Å². The monoisotopic (exact) mass is 371 g/mol. The summed E-state index contributed by atoms with van der Waals surface area (Å²) < 4.78 is 18.3. The third-order valence-electron chi connectivity index (χ3n) is 4.50. The normalized spacial score (nSPS) is 16.3. The number of halogens is 1. The quantitative estimate of drug-likeness (QED) is 0.774. The topological polar surface area (TPSA) is 62.7 Å². The second-order valence-corrected chi connectivity index (χ2v) is 6.53. The first kappa shape index (κ1) is 18.8. The summed E-state index contributed by atoms with van der Waals surface area (Å²) in [7, 11) is 1.33. The van der Waals surface area contributed by atoms with E-state index in [-0.39, 0.29) is 19.1 Å². The number of likely N-dealkylation sites (tertiary alicyclic amines) is 1. The lowest BCUT2D eigenvalue weighted by molar-refractivity contribution is 0.0600. The smallest absolute Gasteiger partial charge is 0.337 e. The van der Waals surface area contributed by atoms with E-state index in [0.29, 0.717) is 24.3 Å². The Morgan fingerprint density at radius 1 is 1.26 bits per heavy atom. The van der Waals surface area contributed by atoms with Crippen LogP contribution in [0.15, 0.2) is 42.5 Å². The molecule has 0 bridgehead atoms. The molecule has 1 aliphatic heterocycles. The average molecular weight is 371 g/mol. The number of nitrogens with zero attached hydrogens (tertiary/aromatic N) is 3. The van der Waals surface area contributed by atoms with E-state index in [1.54, 1.807) is 30.3 Å². The lowest BCUT2D eigenvalue weighted by Crippen LogP contribution is -2.42. The van der Waals surface area contributed by atoms with Crippen molar-refractivity contribution in [3.05, 3.63) is 59.3 Å². The lowest BCUT2D eigenvalue weighted by atomic mass is 10.1. The van der Waals surface area contributed by atoms with Gasteiger partial charge in [0.15, 0.2) is 0 Å².